The third-order valence-corrected chi connectivity index (χ3v) is 7.65. The number of para-hydroxylation sites is 1. The van der Waals surface area contributed by atoms with Crippen LogP contribution >= 0.6 is 19.3 Å². The van der Waals surface area contributed by atoms with Crippen LogP contribution < -0.4 is 9.61 Å². The molecule has 1 amide bonds. The van der Waals surface area contributed by atoms with Crippen LogP contribution in [0.1, 0.15) is 27.2 Å². The fraction of sp³-hybridized carbons (Fsp3) is 0.522. The highest BCUT2D eigenvalue weighted by Crippen LogP contribution is 2.51. The van der Waals surface area contributed by atoms with Crippen LogP contribution in [0.25, 0.3) is 0 Å². The summed E-state index contributed by atoms with van der Waals surface area (Å²) in [5.41, 5.74) is -3.56. The minimum atomic E-state index is -4.86. The van der Waals surface area contributed by atoms with E-state index in [4.69, 9.17) is 30.1 Å². The highest BCUT2D eigenvalue weighted by molar-refractivity contribution is 7.52. The number of rotatable bonds is 11. The molecule has 40 heavy (non-hydrogen) atoms. The normalized spacial score (nSPS) is 27.0. The van der Waals surface area contributed by atoms with E-state index in [9.17, 15) is 32.8 Å². The Hall–Kier alpha value is -2.55. The molecular formula is C23H26ClF4N2O9P. The van der Waals surface area contributed by atoms with E-state index in [2.05, 4.69) is 5.09 Å². The van der Waals surface area contributed by atoms with Gasteiger partial charge in [0.2, 0.25) is 12.1 Å². The molecule has 1 unspecified atom stereocenters. The number of esters is 1. The number of aliphatic hydroxyl groups excluding tert-OH is 1. The van der Waals surface area contributed by atoms with Gasteiger partial charge in [0.1, 0.15) is 16.8 Å². The molecule has 0 aliphatic carbocycles. The first-order chi connectivity index (χ1) is 18.5. The standard InChI is InChI=1S/C23H26ClF4N2O9P/c1-12(2)37-18(33)13(3)29-40(35,39-14-7-5-4-6-8-14)36-11-22(20(25)26)19(34)23(27,28)21(38-22)30-10-15(24)16(31)9-17(30)32/h4-8,10,12-13,19-21,34H,9,11H2,1-3H3,(H,29,35)/t13-,19+,21+,22+,40?/m0/s1. The molecule has 1 aromatic rings. The predicted molar refractivity (Wildman–Crippen MR) is 129 cm³/mol. The largest absolute Gasteiger partial charge is 0.462 e. The molecule has 1 aromatic carbocycles. The highest BCUT2D eigenvalue weighted by Gasteiger charge is 2.72. The first-order valence-corrected chi connectivity index (χ1v) is 13.7. The van der Waals surface area contributed by atoms with E-state index in [0.717, 1.165) is 0 Å². The van der Waals surface area contributed by atoms with E-state index < -0.39 is 85.9 Å². The highest BCUT2D eigenvalue weighted by atomic mass is 35.5. The Labute approximate surface area is 230 Å². The Balaban J connectivity index is 1.93. The van der Waals surface area contributed by atoms with Crippen LogP contribution in [-0.4, -0.2) is 76.7 Å². The van der Waals surface area contributed by atoms with E-state index in [1.54, 1.807) is 6.07 Å². The van der Waals surface area contributed by atoms with Crippen LogP contribution in [0.5, 0.6) is 5.75 Å². The van der Waals surface area contributed by atoms with Crippen molar-refractivity contribution in [2.75, 3.05) is 6.61 Å². The van der Waals surface area contributed by atoms with Crippen LogP contribution in [-0.2, 0) is 32.9 Å². The van der Waals surface area contributed by atoms with E-state index in [-0.39, 0.29) is 10.6 Å². The maximum atomic E-state index is 15.2. The third kappa shape index (κ3) is 6.67. The SMILES string of the molecule is CC(C)OC(=O)[C@H](C)NP(=O)(OC[C@@]1(C(F)F)O[C@@H](N2C=C(Cl)C(=O)CC2=O)C(F)(F)[C@@H]1O)Oc1ccccc1. The zero-order valence-corrected chi connectivity index (χ0v) is 22.9. The van der Waals surface area contributed by atoms with E-state index >= 15 is 8.78 Å². The number of carbonyl (C=O) groups excluding carboxylic acids is 3. The average molecular weight is 617 g/mol. The van der Waals surface area contributed by atoms with Crippen molar-refractivity contribution in [2.45, 2.75) is 69.6 Å². The summed E-state index contributed by atoms with van der Waals surface area (Å²) in [6, 6.07) is 5.71. The summed E-state index contributed by atoms with van der Waals surface area (Å²) < 4.78 is 93.0. The van der Waals surface area contributed by atoms with Gasteiger partial charge >= 0.3 is 19.6 Å². The molecule has 0 radical (unpaired) electrons. The number of carbonyl (C=O) groups is 3. The molecule has 0 spiro atoms. The lowest BCUT2D eigenvalue weighted by molar-refractivity contribution is -0.201. The van der Waals surface area contributed by atoms with Gasteiger partial charge in [-0.15, -0.1) is 0 Å². The zero-order valence-electron chi connectivity index (χ0n) is 21.3. The van der Waals surface area contributed by atoms with Crippen molar-refractivity contribution in [2.24, 2.45) is 0 Å². The monoisotopic (exact) mass is 616 g/mol. The molecular weight excluding hydrogens is 591 g/mol. The molecule has 11 nitrogen and oxygen atoms in total. The van der Waals surface area contributed by atoms with Gasteiger partial charge in [0.25, 0.3) is 6.43 Å². The second kappa shape index (κ2) is 12.1. The van der Waals surface area contributed by atoms with E-state index in [1.165, 1.54) is 45.0 Å². The number of benzene rings is 1. The Kier molecular flexibility index (Phi) is 9.70. The molecule has 3 rings (SSSR count). The summed E-state index contributed by atoms with van der Waals surface area (Å²) in [5.74, 6) is -7.74. The molecule has 2 aliphatic heterocycles. The number of halogens is 5. The van der Waals surface area contributed by atoms with Crippen molar-refractivity contribution in [1.82, 2.24) is 9.99 Å². The van der Waals surface area contributed by atoms with Gasteiger partial charge < -0.3 is 19.1 Å². The summed E-state index contributed by atoms with van der Waals surface area (Å²) in [5, 5.41) is 11.9. The fourth-order valence-corrected chi connectivity index (χ4v) is 5.40. The van der Waals surface area contributed by atoms with Gasteiger partial charge in [-0.3, -0.25) is 23.8 Å². The minimum absolute atomic E-state index is 0.117. The number of Topliss-reactive ketones (excluding diaryl/α,β-unsaturated/α-hetero) is 1. The number of ether oxygens (including phenoxy) is 2. The second-order valence-electron chi connectivity index (χ2n) is 9.19. The summed E-state index contributed by atoms with van der Waals surface area (Å²) in [6.45, 7) is 2.60. The quantitative estimate of drug-likeness (QED) is 0.165. The van der Waals surface area contributed by atoms with Gasteiger partial charge in [-0.2, -0.15) is 13.9 Å². The topological polar surface area (TPSA) is 141 Å². The van der Waals surface area contributed by atoms with Crippen molar-refractivity contribution in [3.8, 4) is 5.75 Å². The van der Waals surface area contributed by atoms with E-state index in [0.29, 0.717) is 6.20 Å². The van der Waals surface area contributed by atoms with Crippen molar-refractivity contribution in [3.63, 3.8) is 0 Å². The van der Waals surface area contributed by atoms with Crippen molar-refractivity contribution in [1.29, 1.82) is 0 Å². The summed E-state index contributed by atoms with van der Waals surface area (Å²) in [7, 11) is -4.86. The summed E-state index contributed by atoms with van der Waals surface area (Å²) >= 11 is 5.65. The molecule has 2 aliphatic rings. The molecule has 17 heteroatoms. The van der Waals surface area contributed by atoms with Gasteiger partial charge in [0.15, 0.2) is 17.5 Å². The predicted octanol–water partition coefficient (Wildman–Crippen LogP) is 3.36. The average Bonchev–Trinajstić information content (AvgIpc) is 3.06. The number of amides is 1. The van der Waals surface area contributed by atoms with Gasteiger partial charge in [-0.25, -0.2) is 13.3 Å². The van der Waals surface area contributed by atoms with Crippen molar-refractivity contribution >= 4 is 37.0 Å². The number of nitrogens with zero attached hydrogens (tertiary/aromatic N) is 1. The molecule has 0 bridgehead atoms. The lowest BCUT2D eigenvalue weighted by Crippen LogP contribution is -2.55. The Bertz CT molecular complexity index is 1210. The Morgan fingerprint density at radius 2 is 1.88 bits per heavy atom. The number of nitrogens with one attached hydrogen (secondary N) is 1. The molecule has 2 N–H and O–H groups in total. The lowest BCUT2D eigenvalue weighted by Gasteiger charge is -2.33. The van der Waals surface area contributed by atoms with Crippen LogP contribution in [0.4, 0.5) is 17.6 Å². The minimum Gasteiger partial charge on any atom is -0.462 e. The molecule has 222 valence electrons. The molecule has 5 atom stereocenters. The number of hydrogen-bond acceptors (Lipinski definition) is 9. The third-order valence-electron chi connectivity index (χ3n) is 5.71. The van der Waals surface area contributed by atoms with Crippen LogP contribution in [0, 0.1) is 0 Å². The van der Waals surface area contributed by atoms with Crippen LogP contribution in [0.2, 0.25) is 0 Å². The van der Waals surface area contributed by atoms with Gasteiger partial charge in [-0.05, 0) is 32.9 Å². The van der Waals surface area contributed by atoms with Crippen molar-refractivity contribution < 1.29 is 60.1 Å². The Morgan fingerprint density at radius 1 is 1.25 bits per heavy atom. The number of allylic oxidation sites excluding steroid dienone is 1. The van der Waals surface area contributed by atoms with Crippen molar-refractivity contribution in [3.05, 3.63) is 41.6 Å². The lowest BCUT2D eigenvalue weighted by atomic mass is 9.95. The Morgan fingerprint density at radius 3 is 2.45 bits per heavy atom. The maximum absolute atomic E-state index is 15.2. The molecule has 1 saturated heterocycles. The number of alkyl halides is 4. The summed E-state index contributed by atoms with van der Waals surface area (Å²) in [4.78, 5) is 36.3. The summed E-state index contributed by atoms with van der Waals surface area (Å²) in [6.07, 6.45) is -11.1. The number of hydrogen-bond donors (Lipinski definition) is 2. The van der Waals surface area contributed by atoms with Crippen LogP contribution in [0.15, 0.2) is 41.6 Å². The fourth-order valence-electron chi connectivity index (χ4n) is 3.70. The zero-order chi connectivity index (χ0) is 30.0. The maximum Gasteiger partial charge on any atom is 0.459 e. The van der Waals surface area contributed by atoms with E-state index in [1.807, 2.05) is 0 Å². The van der Waals surface area contributed by atoms with Gasteiger partial charge in [-0.1, -0.05) is 29.8 Å². The molecule has 0 aromatic heterocycles. The number of aliphatic hydroxyl groups is 1. The van der Waals surface area contributed by atoms with Crippen LogP contribution in [0.3, 0.4) is 0 Å². The molecule has 2 heterocycles. The second-order valence-corrected chi connectivity index (χ2v) is 11.3. The molecule has 0 saturated carbocycles. The smallest absolute Gasteiger partial charge is 0.459 e. The van der Waals surface area contributed by atoms with Gasteiger partial charge in [0.05, 0.1) is 19.1 Å². The van der Waals surface area contributed by atoms with Gasteiger partial charge in [0, 0.05) is 6.20 Å². The number of ketones is 1. The first kappa shape index (κ1) is 32.0. The molecule has 1 fully saturated rings. The first-order valence-electron chi connectivity index (χ1n) is 11.7.